The van der Waals surface area contributed by atoms with Gasteiger partial charge in [0, 0.05) is 6.54 Å². The first-order valence-corrected chi connectivity index (χ1v) is 10.6. The van der Waals surface area contributed by atoms with Gasteiger partial charge in [0.05, 0.1) is 18.6 Å². The van der Waals surface area contributed by atoms with Gasteiger partial charge in [-0.25, -0.2) is 0 Å². The summed E-state index contributed by atoms with van der Waals surface area (Å²) >= 11 is 1.37. The van der Waals surface area contributed by atoms with Crippen molar-refractivity contribution >= 4 is 17.7 Å². The van der Waals surface area contributed by atoms with E-state index in [1.165, 1.54) is 11.8 Å². The fraction of sp³-hybridized carbons (Fsp3) is 0.174. The van der Waals surface area contributed by atoms with E-state index < -0.39 is 0 Å². The van der Waals surface area contributed by atoms with E-state index in [0.717, 1.165) is 16.7 Å². The number of furan rings is 1. The maximum absolute atomic E-state index is 12.4. The van der Waals surface area contributed by atoms with Crippen molar-refractivity contribution in [3.8, 4) is 11.6 Å². The molecule has 0 spiro atoms. The Morgan fingerprint density at radius 3 is 2.60 bits per heavy atom. The van der Waals surface area contributed by atoms with Crippen LogP contribution in [0.3, 0.4) is 0 Å². The molecule has 0 aliphatic heterocycles. The van der Waals surface area contributed by atoms with E-state index in [9.17, 15) is 4.79 Å². The van der Waals surface area contributed by atoms with E-state index >= 15 is 0 Å². The number of nitrogens with zero attached hydrogens (tertiary/aromatic N) is 3. The van der Waals surface area contributed by atoms with Crippen LogP contribution in [-0.2, 0) is 17.9 Å². The van der Waals surface area contributed by atoms with Crippen LogP contribution in [0.2, 0.25) is 0 Å². The molecule has 0 saturated heterocycles. The summed E-state index contributed by atoms with van der Waals surface area (Å²) in [5.74, 6) is 1.51. The zero-order valence-corrected chi connectivity index (χ0v) is 17.4. The normalized spacial score (nSPS) is 10.8. The Morgan fingerprint density at radius 1 is 1.03 bits per heavy atom. The highest BCUT2D eigenvalue weighted by Crippen LogP contribution is 2.25. The summed E-state index contributed by atoms with van der Waals surface area (Å²) in [5.41, 5.74) is 3.40. The van der Waals surface area contributed by atoms with Gasteiger partial charge in [0.15, 0.2) is 10.9 Å². The molecule has 0 aliphatic carbocycles. The zero-order valence-electron chi connectivity index (χ0n) is 16.6. The third kappa shape index (κ3) is 4.80. The SMILES string of the molecule is Cc1ccccc1CNC(=O)CSc1nnc(-c2ccco2)n1Cc1ccccc1. The molecule has 7 heteroatoms. The van der Waals surface area contributed by atoms with Gasteiger partial charge in [-0.2, -0.15) is 0 Å². The minimum Gasteiger partial charge on any atom is -0.461 e. The van der Waals surface area contributed by atoms with Crippen LogP contribution in [0.4, 0.5) is 0 Å². The van der Waals surface area contributed by atoms with Crippen LogP contribution in [0.1, 0.15) is 16.7 Å². The first-order chi connectivity index (χ1) is 14.7. The fourth-order valence-corrected chi connectivity index (χ4v) is 3.84. The van der Waals surface area contributed by atoms with Crippen molar-refractivity contribution in [1.82, 2.24) is 20.1 Å². The Labute approximate surface area is 179 Å². The van der Waals surface area contributed by atoms with E-state index in [0.29, 0.717) is 29.8 Å². The lowest BCUT2D eigenvalue weighted by Crippen LogP contribution is -2.25. The van der Waals surface area contributed by atoms with Crippen LogP contribution >= 0.6 is 11.8 Å². The number of carbonyl (C=O) groups excluding carboxylic acids is 1. The quantitative estimate of drug-likeness (QED) is 0.432. The minimum absolute atomic E-state index is 0.0444. The Balaban J connectivity index is 1.45. The summed E-state index contributed by atoms with van der Waals surface area (Å²) in [6.07, 6.45) is 1.61. The number of aryl methyl sites for hydroxylation is 1. The molecule has 2 aromatic carbocycles. The predicted molar refractivity (Wildman–Crippen MR) is 117 cm³/mol. The molecule has 6 nitrogen and oxygen atoms in total. The van der Waals surface area contributed by atoms with Crippen LogP contribution in [-0.4, -0.2) is 26.4 Å². The lowest BCUT2D eigenvalue weighted by atomic mass is 10.1. The highest BCUT2D eigenvalue weighted by Gasteiger charge is 2.17. The smallest absolute Gasteiger partial charge is 0.230 e. The molecule has 2 aromatic heterocycles. The first-order valence-electron chi connectivity index (χ1n) is 9.65. The molecule has 4 rings (SSSR count). The number of nitrogens with one attached hydrogen (secondary N) is 1. The topological polar surface area (TPSA) is 73.0 Å². The molecule has 0 radical (unpaired) electrons. The third-order valence-corrected chi connectivity index (χ3v) is 5.68. The Hall–Kier alpha value is -3.32. The van der Waals surface area contributed by atoms with E-state index in [1.54, 1.807) is 6.26 Å². The molecule has 0 saturated carbocycles. The number of hydrogen-bond acceptors (Lipinski definition) is 5. The molecule has 1 N–H and O–H groups in total. The first kappa shape index (κ1) is 20.0. The highest BCUT2D eigenvalue weighted by atomic mass is 32.2. The molecule has 4 aromatic rings. The second-order valence-corrected chi connectivity index (χ2v) is 7.79. The molecular formula is C23H22N4O2S. The lowest BCUT2D eigenvalue weighted by molar-refractivity contribution is -0.118. The monoisotopic (exact) mass is 418 g/mol. The van der Waals surface area contributed by atoms with Crippen LogP contribution in [0.5, 0.6) is 0 Å². The van der Waals surface area contributed by atoms with Crippen molar-refractivity contribution < 1.29 is 9.21 Å². The van der Waals surface area contributed by atoms with Crippen molar-refractivity contribution in [3.05, 3.63) is 89.7 Å². The number of thioether (sulfide) groups is 1. The van der Waals surface area contributed by atoms with Crippen LogP contribution < -0.4 is 5.32 Å². The molecule has 152 valence electrons. The van der Waals surface area contributed by atoms with Crippen molar-refractivity contribution in [1.29, 1.82) is 0 Å². The lowest BCUT2D eigenvalue weighted by Gasteiger charge is -2.10. The van der Waals surface area contributed by atoms with Gasteiger partial charge in [-0.1, -0.05) is 66.4 Å². The summed E-state index contributed by atoms with van der Waals surface area (Å²) in [6.45, 7) is 3.15. The van der Waals surface area contributed by atoms with Crippen LogP contribution in [0, 0.1) is 6.92 Å². The Bertz CT molecular complexity index is 1110. The summed E-state index contributed by atoms with van der Waals surface area (Å²) in [5, 5.41) is 12.3. The molecule has 0 aliphatic rings. The Kier molecular flexibility index (Phi) is 6.29. The molecule has 0 atom stereocenters. The van der Waals surface area contributed by atoms with Gasteiger partial charge in [-0.05, 0) is 35.7 Å². The fourth-order valence-electron chi connectivity index (χ4n) is 3.08. The van der Waals surface area contributed by atoms with Crippen molar-refractivity contribution in [2.24, 2.45) is 0 Å². The number of hydrogen-bond donors (Lipinski definition) is 1. The summed E-state index contributed by atoms with van der Waals surface area (Å²) in [7, 11) is 0. The Morgan fingerprint density at radius 2 is 1.83 bits per heavy atom. The average molecular weight is 419 g/mol. The molecule has 0 unspecified atom stereocenters. The summed E-state index contributed by atoms with van der Waals surface area (Å²) in [6, 6.07) is 21.8. The van der Waals surface area contributed by atoms with Crippen molar-refractivity contribution in [2.45, 2.75) is 25.2 Å². The van der Waals surface area contributed by atoms with E-state index in [2.05, 4.69) is 27.6 Å². The number of rotatable bonds is 8. The third-order valence-electron chi connectivity index (χ3n) is 4.71. The van der Waals surface area contributed by atoms with E-state index in [4.69, 9.17) is 4.42 Å². The minimum atomic E-state index is -0.0444. The van der Waals surface area contributed by atoms with Gasteiger partial charge in [-0.15, -0.1) is 10.2 Å². The summed E-state index contributed by atoms with van der Waals surface area (Å²) in [4.78, 5) is 12.4. The zero-order chi connectivity index (χ0) is 20.8. The number of amides is 1. The van der Waals surface area contributed by atoms with E-state index in [1.807, 2.05) is 66.1 Å². The molecule has 1 amide bonds. The van der Waals surface area contributed by atoms with Gasteiger partial charge in [0.1, 0.15) is 0 Å². The van der Waals surface area contributed by atoms with Gasteiger partial charge < -0.3 is 9.73 Å². The van der Waals surface area contributed by atoms with E-state index in [-0.39, 0.29) is 11.7 Å². The maximum Gasteiger partial charge on any atom is 0.230 e. The average Bonchev–Trinajstić information content (AvgIpc) is 3.42. The molecule has 2 heterocycles. The second kappa shape index (κ2) is 9.45. The second-order valence-electron chi connectivity index (χ2n) is 6.85. The van der Waals surface area contributed by atoms with Crippen LogP contribution in [0.25, 0.3) is 11.6 Å². The molecule has 0 bridgehead atoms. The standard InChI is InChI=1S/C23H22N4O2S/c1-17-8-5-6-11-19(17)14-24-21(28)16-30-23-26-25-22(20-12-7-13-29-20)27(23)15-18-9-3-2-4-10-18/h2-13H,14-16H2,1H3,(H,24,28). The highest BCUT2D eigenvalue weighted by molar-refractivity contribution is 7.99. The van der Waals surface area contributed by atoms with Crippen molar-refractivity contribution in [2.75, 3.05) is 5.75 Å². The number of carbonyl (C=O) groups is 1. The van der Waals surface area contributed by atoms with Crippen molar-refractivity contribution in [3.63, 3.8) is 0 Å². The summed E-state index contributed by atoms with van der Waals surface area (Å²) < 4.78 is 7.50. The van der Waals surface area contributed by atoms with Gasteiger partial charge in [-0.3, -0.25) is 9.36 Å². The predicted octanol–water partition coefficient (Wildman–Crippen LogP) is 4.30. The molecular weight excluding hydrogens is 396 g/mol. The number of aromatic nitrogens is 3. The molecule has 0 fully saturated rings. The van der Waals surface area contributed by atoms with Gasteiger partial charge in [0.25, 0.3) is 0 Å². The largest absolute Gasteiger partial charge is 0.461 e. The van der Waals surface area contributed by atoms with Crippen LogP contribution in [0.15, 0.2) is 82.6 Å². The maximum atomic E-state index is 12.4. The molecule has 30 heavy (non-hydrogen) atoms. The van der Waals surface area contributed by atoms with Gasteiger partial charge in [0.2, 0.25) is 11.7 Å². The number of benzene rings is 2. The van der Waals surface area contributed by atoms with Gasteiger partial charge >= 0.3 is 0 Å².